The highest BCUT2D eigenvalue weighted by Gasteiger charge is 2.04. The van der Waals surface area contributed by atoms with E-state index in [-0.39, 0.29) is 11.5 Å². The van der Waals surface area contributed by atoms with Crippen LogP contribution >= 0.6 is 0 Å². The largest absolute Gasteiger partial charge is 0.506 e. The van der Waals surface area contributed by atoms with Gasteiger partial charge in [-0.1, -0.05) is 54.6 Å². The Hall–Kier alpha value is -3.66. The zero-order valence-corrected chi connectivity index (χ0v) is 17.9. The van der Waals surface area contributed by atoms with Gasteiger partial charge in [-0.3, -0.25) is 0 Å². The molecule has 0 aliphatic heterocycles. The number of benzene rings is 3. The molecular formula is C26H28N2O2. The number of hydrogen-bond donors (Lipinski definition) is 2. The van der Waals surface area contributed by atoms with Crippen LogP contribution in [0.5, 0.6) is 11.5 Å². The molecule has 0 aliphatic rings. The Morgan fingerprint density at radius 2 is 0.900 bits per heavy atom. The van der Waals surface area contributed by atoms with Crippen LogP contribution in [-0.4, -0.2) is 38.4 Å². The number of phenols is 2. The molecule has 3 rings (SSSR count). The molecule has 0 bridgehead atoms. The summed E-state index contributed by atoms with van der Waals surface area (Å²) in [6.45, 7) is 0. The van der Waals surface area contributed by atoms with Crippen LogP contribution in [0.4, 0.5) is 11.4 Å². The Bertz CT molecular complexity index is 999. The van der Waals surface area contributed by atoms with Crippen molar-refractivity contribution in [2.24, 2.45) is 0 Å². The number of aromatic hydroxyl groups is 2. The predicted octanol–water partition coefficient (Wildman–Crippen LogP) is 5.57. The van der Waals surface area contributed by atoms with E-state index in [0.717, 1.165) is 33.6 Å². The second-order valence-corrected chi connectivity index (χ2v) is 7.62. The van der Waals surface area contributed by atoms with Gasteiger partial charge in [-0.2, -0.15) is 0 Å². The maximum Gasteiger partial charge on any atom is 0.138 e. The average Bonchev–Trinajstić information content (AvgIpc) is 2.72. The molecule has 3 aromatic carbocycles. The summed E-state index contributed by atoms with van der Waals surface area (Å²) in [5.41, 5.74) is 5.82. The van der Waals surface area contributed by atoms with E-state index < -0.39 is 0 Å². The lowest BCUT2D eigenvalue weighted by molar-refractivity contribution is 0.475. The van der Waals surface area contributed by atoms with E-state index >= 15 is 0 Å². The molecule has 154 valence electrons. The van der Waals surface area contributed by atoms with Crippen molar-refractivity contribution in [3.8, 4) is 11.5 Å². The van der Waals surface area contributed by atoms with Gasteiger partial charge in [-0.15, -0.1) is 0 Å². The summed E-state index contributed by atoms with van der Waals surface area (Å²) in [6, 6.07) is 19.4. The molecule has 4 heteroatoms. The molecule has 0 radical (unpaired) electrons. The molecule has 0 aliphatic carbocycles. The lowest BCUT2D eigenvalue weighted by Gasteiger charge is -2.14. The summed E-state index contributed by atoms with van der Waals surface area (Å²) in [7, 11) is 7.64. The lowest BCUT2D eigenvalue weighted by Crippen LogP contribution is -2.08. The molecule has 0 aromatic heterocycles. The van der Waals surface area contributed by atoms with E-state index in [1.165, 1.54) is 0 Å². The minimum absolute atomic E-state index is 0.274. The third kappa shape index (κ3) is 5.23. The van der Waals surface area contributed by atoms with E-state index in [4.69, 9.17) is 0 Å². The summed E-state index contributed by atoms with van der Waals surface area (Å²) in [4.78, 5) is 3.78. The fraction of sp³-hybridized carbons (Fsp3) is 0.154. The van der Waals surface area contributed by atoms with E-state index in [1.54, 1.807) is 12.1 Å². The van der Waals surface area contributed by atoms with Gasteiger partial charge in [0.05, 0.1) is 11.4 Å². The molecular weight excluding hydrogens is 372 g/mol. The summed E-state index contributed by atoms with van der Waals surface area (Å²) in [6.07, 6.45) is 8.21. The van der Waals surface area contributed by atoms with Crippen LogP contribution in [0.3, 0.4) is 0 Å². The van der Waals surface area contributed by atoms with Crippen LogP contribution in [0.2, 0.25) is 0 Å². The molecule has 0 atom stereocenters. The Kier molecular flexibility index (Phi) is 6.48. The Morgan fingerprint density at radius 1 is 0.533 bits per heavy atom. The molecule has 30 heavy (non-hydrogen) atoms. The fourth-order valence-electron chi connectivity index (χ4n) is 3.16. The van der Waals surface area contributed by atoms with Gasteiger partial charge < -0.3 is 20.0 Å². The summed E-state index contributed by atoms with van der Waals surface area (Å²) in [5.74, 6) is 0.548. The highest BCUT2D eigenvalue weighted by Crippen LogP contribution is 2.28. The maximum absolute atomic E-state index is 9.95. The van der Waals surface area contributed by atoms with Gasteiger partial charge in [0.1, 0.15) is 11.5 Å². The van der Waals surface area contributed by atoms with Crippen LogP contribution < -0.4 is 9.80 Å². The van der Waals surface area contributed by atoms with Crippen molar-refractivity contribution in [1.82, 2.24) is 0 Å². The number of anilines is 2. The summed E-state index contributed by atoms with van der Waals surface area (Å²) >= 11 is 0. The van der Waals surface area contributed by atoms with Crippen LogP contribution in [-0.2, 0) is 0 Å². The summed E-state index contributed by atoms with van der Waals surface area (Å²) < 4.78 is 0. The first-order chi connectivity index (χ1) is 14.3. The molecule has 0 saturated carbocycles. The quantitative estimate of drug-likeness (QED) is 0.531. The molecule has 0 unspecified atom stereocenters. The third-order valence-electron chi connectivity index (χ3n) is 4.81. The van der Waals surface area contributed by atoms with Gasteiger partial charge in [0.2, 0.25) is 0 Å². The second-order valence-electron chi connectivity index (χ2n) is 7.62. The highest BCUT2D eigenvalue weighted by molar-refractivity contribution is 5.77. The Morgan fingerprint density at radius 3 is 1.27 bits per heavy atom. The van der Waals surface area contributed by atoms with Crippen molar-refractivity contribution in [1.29, 1.82) is 0 Å². The maximum atomic E-state index is 9.95. The average molecular weight is 401 g/mol. The van der Waals surface area contributed by atoms with Crippen LogP contribution in [0, 0.1) is 0 Å². The molecule has 2 N–H and O–H groups in total. The SMILES string of the molecule is CN(C)c1cc(/C=C/c2cccc(/C=C/c3ccc(O)c(N(C)C)c3)c2)ccc1O. The molecule has 0 saturated heterocycles. The van der Waals surface area contributed by atoms with Gasteiger partial charge in [0, 0.05) is 28.2 Å². The zero-order chi connectivity index (χ0) is 21.7. The summed E-state index contributed by atoms with van der Waals surface area (Å²) in [5, 5.41) is 19.9. The van der Waals surface area contributed by atoms with E-state index in [9.17, 15) is 10.2 Å². The predicted molar refractivity (Wildman–Crippen MR) is 129 cm³/mol. The van der Waals surface area contributed by atoms with E-state index in [1.807, 2.05) is 80.5 Å². The van der Waals surface area contributed by atoms with Crippen molar-refractivity contribution >= 4 is 35.7 Å². The smallest absolute Gasteiger partial charge is 0.138 e. The minimum atomic E-state index is 0.274. The van der Waals surface area contributed by atoms with Crippen molar-refractivity contribution < 1.29 is 10.2 Å². The lowest BCUT2D eigenvalue weighted by atomic mass is 10.1. The highest BCUT2D eigenvalue weighted by atomic mass is 16.3. The standard InChI is InChI=1S/C26H28N2O2/c1-27(2)23-17-21(12-14-25(23)29)10-8-19-6-5-7-20(16-19)9-11-22-13-15-26(30)24(18-22)28(3)4/h5-18,29-30H,1-4H3/b10-8+,11-9+. The molecule has 0 fully saturated rings. The van der Waals surface area contributed by atoms with Crippen molar-refractivity contribution in [2.75, 3.05) is 38.0 Å². The normalized spacial score (nSPS) is 11.3. The fourth-order valence-corrected chi connectivity index (χ4v) is 3.16. The Labute approximate surface area is 178 Å². The number of rotatable bonds is 6. The zero-order valence-electron chi connectivity index (χ0n) is 17.9. The molecule has 3 aromatic rings. The molecule has 0 spiro atoms. The molecule has 4 nitrogen and oxygen atoms in total. The topological polar surface area (TPSA) is 46.9 Å². The van der Waals surface area contributed by atoms with Crippen LogP contribution in [0.1, 0.15) is 22.3 Å². The van der Waals surface area contributed by atoms with Gasteiger partial charge in [-0.25, -0.2) is 0 Å². The monoisotopic (exact) mass is 400 g/mol. The van der Waals surface area contributed by atoms with Crippen LogP contribution in [0.25, 0.3) is 24.3 Å². The van der Waals surface area contributed by atoms with Gasteiger partial charge in [0.25, 0.3) is 0 Å². The van der Waals surface area contributed by atoms with E-state index in [2.05, 4.69) is 30.4 Å². The van der Waals surface area contributed by atoms with Crippen molar-refractivity contribution in [3.63, 3.8) is 0 Å². The number of nitrogens with zero attached hydrogens (tertiary/aromatic N) is 2. The molecule has 0 amide bonds. The van der Waals surface area contributed by atoms with Crippen molar-refractivity contribution in [2.45, 2.75) is 0 Å². The molecule has 0 heterocycles. The van der Waals surface area contributed by atoms with Gasteiger partial charge in [-0.05, 0) is 52.6 Å². The van der Waals surface area contributed by atoms with Crippen molar-refractivity contribution in [3.05, 3.63) is 82.9 Å². The number of phenolic OH excluding ortho intramolecular Hbond substituents is 2. The van der Waals surface area contributed by atoms with Gasteiger partial charge >= 0.3 is 0 Å². The first kappa shape index (κ1) is 21.1. The van der Waals surface area contributed by atoms with E-state index in [0.29, 0.717) is 0 Å². The third-order valence-corrected chi connectivity index (χ3v) is 4.81. The van der Waals surface area contributed by atoms with Gasteiger partial charge in [0.15, 0.2) is 0 Å². The minimum Gasteiger partial charge on any atom is -0.506 e. The Balaban J connectivity index is 1.78. The van der Waals surface area contributed by atoms with Crippen LogP contribution in [0.15, 0.2) is 60.7 Å². The first-order valence-electron chi connectivity index (χ1n) is 9.80. The first-order valence-corrected chi connectivity index (χ1v) is 9.80. The number of hydrogen-bond acceptors (Lipinski definition) is 4. The second kappa shape index (κ2) is 9.23.